The minimum absolute atomic E-state index is 0.107. The van der Waals surface area contributed by atoms with Crippen LogP contribution >= 0.6 is 0 Å². The van der Waals surface area contributed by atoms with E-state index in [1.807, 2.05) is 61.7 Å². The Hall–Kier alpha value is -4.32. The van der Waals surface area contributed by atoms with Gasteiger partial charge in [0.05, 0.1) is 18.2 Å². The summed E-state index contributed by atoms with van der Waals surface area (Å²) >= 11 is 0. The maximum Gasteiger partial charge on any atom is 0.295 e. The van der Waals surface area contributed by atoms with Gasteiger partial charge in [-0.3, -0.25) is 9.59 Å². The number of carbonyl (C=O) groups is 2. The molecule has 3 aromatic carbocycles. The van der Waals surface area contributed by atoms with Gasteiger partial charge in [0.2, 0.25) is 0 Å². The first kappa shape index (κ1) is 25.3. The Labute approximate surface area is 222 Å². The third-order valence-corrected chi connectivity index (χ3v) is 7.19. The summed E-state index contributed by atoms with van der Waals surface area (Å²) in [5.74, 6) is -0.437. The molecule has 1 aliphatic heterocycles. The summed E-state index contributed by atoms with van der Waals surface area (Å²) in [4.78, 5) is 31.6. The van der Waals surface area contributed by atoms with Gasteiger partial charge >= 0.3 is 0 Å². The lowest BCUT2D eigenvalue weighted by Gasteiger charge is -2.25. The molecular formula is C32H32N2O4. The average Bonchev–Trinajstić information content (AvgIpc) is 3.46. The zero-order valence-corrected chi connectivity index (χ0v) is 21.9. The smallest absolute Gasteiger partial charge is 0.295 e. The van der Waals surface area contributed by atoms with E-state index < -0.39 is 17.7 Å². The van der Waals surface area contributed by atoms with E-state index in [-0.39, 0.29) is 11.3 Å². The molecular weight excluding hydrogens is 476 g/mol. The summed E-state index contributed by atoms with van der Waals surface area (Å²) in [7, 11) is 0. The summed E-state index contributed by atoms with van der Waals surface area (Å²) in [6.07, 6.45) is 2.52. The second-order valence-corrected chi connectivity index (χ2v) is 9.88. The number of carbonyl (C=O) groups excluding carboxylic acids is 2. The van der Waals surface area contributed by atoms with Gasteiger partial charge in [0.1, 0.15) is 11.5 Å². The summed E-state index contributed by atoms with van der Waals surface area (Å²) < 4.78 is 5.51. The van der Waals surface area contributed by atoms with Crippen LogP contribution in [-0.4, -0.2) is 39.8 Å². The molecule has 1 aliphatic rings. The number of aromatic amines is 1. The molecule has 6 heteroatoms. The summed E-state index contributed by atoms with van der Waals surface area (Å²) in [5.41, 5.74) is 4.63. The van der Waals surface area contributed by atoms with E-state index in [2.05, 4.69) is 18.8 Å². The van der Waals surface area contributed by atoms with Crippen molar-refractivity contribution in [2.24, 2.45) is 0 Å². The van der Waals surface area contributed by atoms with Gasteiger partial charge in [-0.05, 0) is 66.3 Å². The van der Waals surface area contributed by atoms with Crippen molar-refractivity contribution < 1.29 is 19.4 Å². The topological polar surface area (TPSA) is 82.6 Å². The number of hydrogen-bond donors (Lipinski definition) is 2. The lowest BCUT2D eigenvalue weighted by atomic mass is 9.93. The van der Waals surface area contributed by atoms with Crippen molar-refractivity contribution in [1.29, 1.82) is 0 Å². The first-order chi connectivity index (χ1) is 18.4. The average molecular weight is 509 g/mol. The van der Waals surface area contributed by atoms with Crippen LogP contribution in [0.2, 0.25) is 0 Å². The van der Waals surface area contributed by atoms with Crippen molar-refractivity contribution in [3.05, 3.63) is 107 Å². The third-order valence-electron chi connectivity index (χ3n) is 7.19. The molecule has 6 nitrogen and oxygen atoms in total. The molecule has 5 rings (SSSR count). The molecule has 1 saturated heterocycles. The second kappa shape index (κ2) is 10.6. The van der Waals surface area contributed by atoms with E-state index in [0.717, 1.165) is 27.6 Å². The number of aliphatic hydroxyl groups is 1. The molecule has 1 fully saturated rings. The lowest BCUT2D eigenvalue weighted by Crippen LogP contribution is -2.31. The number of H-pyrrole nitrogens is 1. The number of rotatable bonds is 8. The van der Waals surface area contributed by atoms with Gasteiger partial charge in [-0.25, -0.2) is 0 Å². The van der Waals surface area contributed by atoms with Gasteiger partial charge in [0, 0.05) is 29.2 Å². The number of aliphatic hydroxyl groups excluding tert-OH is 1. The lowest BCUT2D eigenvalue weighted by molar-refractivity contribution is -0.139. The Morgan fingerprint density at radius 2 is 1.71 bits per heavy atom. The molecule has 0 aliphatic carbocycles. The fraction of sp³-hybridized carbons (Fsp3) is 0.250. The fourth-order valence-electron chi connectivity index (χ4n) is 5.13. The van der Waals surface area contributed by atoms with Gasteiger partial charge in [0.25, 0.3) is 11.7 Å². The number of nitrogens with zero attached hydrogens (tertiary/aromatic N) is 1. The summed E-state index contributed by atoms with van der Waals surface area (Å²) in [5, 5.41) is 12.4. The zero-order chi connectivity index (χ0) is 26.8. The van der Waals surface area contributed by atoms with Crippen LogP contribution < -0.4 is 4.74 Å². The van der Waals surface area contributed by atoms with E-state index in [1.165, 1.54) is 0 Å². The van der Waals surface area contributed by atoms with Gasteiger partial charge in [-0.15, -0.1) is 0 Å². The van der Waals surface area contributed by atoms with E-state index in [0.29, 0.717) is 36.8 Å². The normalized spacial score (nSPS) is 17.1. The number of ether oxygens (including phenoxy) is 1. The van der Waals surface area contributed by atoms with Crippen LogP contribution in [-0.2, 0) is 16.0 Å². The predicted molar refractivity (Wildman–Crippen MR) is 149 cm³/mol. The Bertz CT molecular complexity index is 1500. The van der Waals surface area contributed by atoms with Crippen LogP contribution in [0.5, 0.6) is 5.75 Å². The molecule has 0 bridgehead atoms. The van der Waals surface area contributed by atoms with E-state index >= 15 is 0 Å². The maximum absolute atomic E-state index is 13.4. The van der Waals surface area contributed by atoms with Crippen LogP contribution in [0.15, 0.2) is 84.6 Å². The number of Topliss-reactive ketones (excluding diaryl/α,β-unsaturated/α-hetero) is 1. The molecule has 2 N–H and O–H groups in total. The van der Waals surface area contributed by atoms with Gasteiger partial charge in [-0.1, -0.05) is 56.3 Å². The minimum atomic E-state index is -0.687. The predicted octanol–water partition coefficient (Wildman–Crippen LogP) is 6.35. The number of fused-ring (bicyclic) bond motifs is 1. The molecule has 2 heterocycles. The van der Waals surface area contributed by atoms with Crippen molar-refractivity contribution >= 4 is 28.4 Å². The second-order valence-electron chi connectivity index (χ2n) is 9.88. The Balaban J connectivity index is 1.54. The number of para-hydroxylation sites is 1. The monoisotopic (exact) mass is 508 g/mol. The Morgan fingerprint density at radius 1 is 1.00 bits per heavy atom. The number of benzene rings is 3. The minimum Gasteiger partial charge on any atom is -0.507 e. The molecule has 0 spiro atoms. The number of nitrogens with one attached hydrogen (secondary N) is 1. The summed E-state index contributed by atoms with van der Waals surface area (Å²) in [6, 6.07) is 22.2. The first-order valence-corrected chi connectivity index (χ1v) is 13.1. The Kier molecular flexibility index (Phi) is 7.05. The van der Waals surface area contributed by atoms with Crippen LogP contribution in [0.1, 0.15) is 55.0 Å². The number of ketones is 1. The van der Waals surface area contributed by atoms with Crippen molar-refractivity contribution in [1.82, 2.24) is 9.88 Å². The highest BCUT2D eigenvalue weighted by atomic mass is 16.5. The van der Waals surface area contributed by atoms with E-state index in [1.54, 1.807) is 29.2 Å². The van der Waals surface area contributed by atoms with Crippen LogP contribution in [0.3, 0.4) is 0 Å². The quantitative estimate of drug-likeness (QED) is 0.165. The molecule has 38 heavy (non-hydrogen) atoms. The van der Waals surface area contributed by atoms with E-state index in [4.69, 9.17) is 4.74 Å². The molecule has 4 aromatic rings. The number of aromatic nitrogens is 1. The first-order valence-electron chi connectivity index (χ1n) is 13.1. The molecule has 0 unspecified atom stereocenters. The van der Waals surface area contributed by atoms with Crippen molar-refractivity contribution in [2.45, 2.75) is 39.2 Å². The highest BCUT2D eigenvalue weighted by molar-refractivity contribution is 6.46. The van der Waals surface area contributed by atoms with Gasteiger partial charge in [0.15, 0.2) is 0 Å². The molecule has 1 amide bonds. The summed E-state index contributed by atoms with van der Waals surface area (Å²) in [6.45, 7) is 7.00. The molecule has 1 atom stereocenters. The van der Waals surface area contributed by atoms with Gasteiger partial charge < -0.3 is 19.7 Å². The van der Waals surface area contributed by atoms with Gasteiger partial charge in [-0.2, -0.15) is 0 Å². The van der Waals surface area contributed by atoms with Crippen LogP contribution in [0.4, 0.5) is 0 Å². The molecule has 194 valence electrons. The SMILES string of the molecule is CCOc1ccc(C(O)=C2C(=O)C(=O)N(CCc3c[nH]c4ccccc34)[C@H]2c2ccc(C(C)C)cc2)cc1. The Morgan fingerprint density at radius 3 is 2.39 bits per heavy atom. The van der Waals surface area contributed by atoms with Crippen LogP contribution in [0, 0.1) is 0 Å². The molecule has 0 radical (unpaired) electrons. The molecule has 0 saturated carbocycles. The maximum atomic E-state index is 13.4. The van der Waals surface area contributed by atoms with E-state index in [9.17, 15) is 14.7 Å². The standard InChI is InChI=1S/C32H32N2O4/c1-4-38-25-15-13-23(14-16-25)30(35)28-29(22-11-9-21(10-12-22)20(2)3)34(32(37)31(28)36)18-17-24-19-33-27-8-6-5-7-26(24)27/h5-16,19-20,29,33,35H,4,17-18H2,1-3H3/t29-/m0/s1. The number of amides is 1. The van der Waals surface area contributed by atoms with Crippen molar-refractivity contribution in [3.8, 4) is 5.75 Å². The van der Waals surface area contributed by atoms with Crippen molar-refractivity contribution in [3.63, 3.8) is 0 Å². The highest BCUT2D eigenvalue weighted by Crippen LogP contribution is 2.40. The third kappa shape index (κ3) is 4.70. The van der Waals surface area contributed by atoms with Crippen LogP contribution in [0.25, 0.3) is 16.7 Å². The zero-order valence-electron chi connectivity index (χ0n) is 21.9. The number of likely N-dealkylation sites (tertiary alicyclic amines) is 1. The highest BCUT2D eigenvalue weighted by Gasteiger charge is 2.45. The van der Waals surface area contributed by atoms with Crippen molar-refractivity contribution in [2.75, 3.05) is 13.2 Å². The fourth-order valence-corrected chi connectivity index (χ4v) is 5.13. The number of hydrogen-bond acceptors (Lipinski definition) is 4. The molecule has 1 aromatic heterocycles. The largest absolute Gasteiger partial charge is 0.507 e.